The van der Waals surface area contributed by atoms with Crippen molar-refractivity contribution < 1.29 is 9.32 Å². The molecule has 2 aliphatic heterocycles. The first-order chi connectivity index (χ1) is 15.1. The molecule has 31 heavy (non-hydrogen) atoms. The van der Waals surface area contributed by atoms with E-state index in [1.54, 1.807) is 11.6 Å². The van der Waals surface area contributed by atoms with Crippen LogP contribution >= 0.6 is 0 Å². The molecule has 1 amide bonds. The highest BCUT2D eigenvalue weighted by Crippen LogP contribution is 2.29. The molecule has 5 rings (SSSR count). The number of nitrogens with zero attached hydrogens (tertiary/aromatic N) is 6. The van der Waals surface area contributed by atoms with E-state index >= 15 is 0 Å². The summed E-state index contributed by atoms with van der Waals surface area (Å²) in [7, 11) is 0. The largest absolute Gasteiger partial charge is 0.343 e. The summed E-state index contributed by atoms with van der Waals surface area (Å²) in [4.78, 5) is 20.8. The third-order valence-corrected chi connectivity index (χ3v) is 6.80. The highest BCUT2D eigenvalue weighted by atomic mass is 16.5. The number of benzene rings is 1. The number of carbonyl (C=O) groups excluding carboxylic acids is 1. The van der Waals surface area contributed by atoms with Gasteiger partial charge in [-0.1, -0.05) is 25.1 Å². The van der Waals surface area contributed by atoms with Crippen LogP contribution in [0.3, 0.4) is 0 Å². The maximum atomic E-state index is 11.6. The van der Waals surface area contributed by atoms with E-state index in [9.17, 15) is 4.79 Å². The van der Waals surface area contributed by atoms with E-state index in [-0.39, 0.29) is 5.91 Å². The SMILES string of the molecule is CCc1nn(-c2noc(C3CCN(C[C@@H]4CCN(C(C)=O)C4)CC3)n2)c2ccccc12. The van der Waals surface area contributed by atoms with Crippen molar-refractivity contribution in [2.24, 2.45) is 5.92 Å². The van der Waals surface area contributed by atoms with Crippen LogP contribution in [-0.4, -0.2) is 68.4 Å². The lowest BCUT2D eigenvalue weighted by atomic mass is 9.95. The van der Waals surface area contributed by atoms with Crippen molar-refractivity contribution in [2.45, 2.75) is 45.4 Å². The van der Waals surface area contributed by atoms with Gasteiger partial charge >= 0.3 is 0 Å². The Morgan fingerprint density at radius 3 is 2.71 bits per heavy atom. The van der Waals surface area contributed by atoms with Crippen LogP contribution in [0.25, 0.3) is 16.9 Å². The molecule has 2 aromatic heterocycles. The van der Waals surface area contributed by atoms with Crippen LogP contribution in [0.4, 0.5) is 0 Å². The van der Waals surface area contributed by atoms with E-state index in [2.05, 4.69) is 23.0 Å². The summed E-state index contributed by atoms with van der Waals surface area (Å²) < 4.78 is 7.48. The zero-order valence-corrected chi connectivity index (χ0v) is 18.3. The summed E-state index contributed by atoms with van der Waals surface area (Å²) in [6, 6.07) is 8.18. The minimum absolute atomic E-state index is 0.199. The summed E-state index contributed by atoms with van der Waals surface area (Å²) in [6.07, 6.45) is 4.02. The van der Waals surface area contributed by atoms with Crippen molar-refractivity contribution in [1.29, 1.82) is 0 Å². The monoisotopic (exact) mass is 422 g/mol. The number of carbonyl (C=O) groups is 1. The topological polar surface area (TPSA) is 80.3 Å². The minimum Gasteiger partial charge on any atom is -0.343 e. The summed E-state index contributed by atoms with van der Waals surface area (Å²) in [5, 5.41) is 10.1. The molecule has 8 heteroatoms. The van der Waals surface area contributed by atoms with Gasteiger partial charge in [-0.25, -0.2) is 0 Å². The molecule has 8 nitrogen and oxygen atoms in total. The van der Waals surface area contributed by atoms with Crippen LogP contribution in [-0.2, 0) is 11.2 Å². The smallest absolute Gasteiger partial charge is 0.291 e. The number of rotatable bonds is 5. The number of piperidine rings is 1. The van der Waals surface area contributed by atoms with Crippen LogP contribution in [0.15, 0.2) is 28.8 Å². The predicted molar refractivity (Wildman–Crippen MR) is 117 cm³/mol. The second-order valence-corrected chi connectivity index (χ2v) is 8.86. The van der Waals surface area contributed by atoms with E-state index in [0.717, 1.165) is 80.9 Å². The molecule has 2 saturated heterocycles. The van der Waals surface area contributed by atoms with Gasteiger partial charge in [0.25, 0.3) is 5.95 Å². The molecule has 2 aliphatic rings. The van der Waals surface area contributed by atoms with Crippen molar-refractivity contribution in [1.82, 2.24) is 29.7 Å². The van der Waals surface area contributed by atoms with Gasteiger partial charge in [-0.15, -0.1) is 0 Å². The van der Waals surface area contributed by atoms with Gasteiger partial charge in [-0.3, -0.25) is 4.79 Å². The second kappa shape index (κ2) is 8.42. The number of aromatic nitrogens is 4. The standard InChI is InChI=1S/C23H30N6O2/c1-3-20-19-6-4-5-7-21(19)29(25-20)23-24-22(31-26-23)18-9-11-27(12-10-18)14-17-8-13-28(15-17)16(2)30/h4-7,17-18H,3,8-15H2,1-2H3/t17-/m0/s1. The van der Waals surface area contributed by atoms with Crippen LogP contribution < -0.4 is 0 Å². The van der Waals surface area contributed by atoms with Gasteiger partial charge in [-0.05, 0) is 55.9 Å². The van der Waals surface area contributed by atoms with Crippen molar-refractivity contribution >= 4 is 16.8 Å². The van der Waals surface area contributed by atoms with Gasteiger partial charge in [0, 0.05) is 37.9 Å². The van der Waals surface area contributed by atoms with E-state index in [1.807, 2.05) is 23.1 Å². The fourth-order valence-corrected chi connectivity index (χ4v) is 5.02. The molecule has 0 unspecified atom stereocenters. The molecule has 0 aliphatic carbocycles. The number of para-hydroxylation sites is 1. The number of aryl methyl sites for hydroxylation is 1. The average molecular weight is 423 g/mol. The fraction of sp³-hybridized carbons (Fsp3) is 0.565. The number of hydrogen-bond donors (Lipinski definition) is 0. The third kappa shape index (κ3) is 3.96. The molecule has 0 radical (unpaired) electrons. The van der Waals surface area contributed by atoms with Crippen LogP contribution in [0.2, 0.25) is 0 Å². The lowest BCUT2D eigenvalue weighted by Crippen LogP contribution is -2.37. The van der Waals surface area contributed by atoms with Gasteiger partial charge in [0.05, 0.1) is 11.2 Å². The summed E-state index contributed by atoms with van der Waals surface area (Å²) in [6.45, 7) is 8.72. The molecule has 0 N–H and O–H groups in total. The Hall–Kier alpha value is -2.74. The highest BCUT2D eigenvalue weighted by molar-refractivity contribution is 5.83. The maximum absolute atomic E-state index is 11.6. The second-order valence-electron chi connectivity index (χ2n) is 8.86. The number of fused-ring (bicyclic) bond motifs is 1. The average Bonchev–Trinajstić information content (AvgIpc) is 3.52. The van der Waals surface area contributed by atoms with Crippen molar-refractivity contribution in [3.05, 3.63) is 35.9 Å². The van der Waals surface area contributed by atoms with Gasteiger partial charge in [-0.2, -0.15) is 14.8 Å². The van der Waals surface area contributed by atoms with Crippen LogP contribution in [0, 0.1) is 5.92 Å². The third-order valence-electron chi connectivity index (χ3n) is 6.80. The normalized spacial score (nSPS) is 20.7. The molecule has 0 spiro atoms. The number of hydrogen-bond acceptors (Lipinski definition) is 6. The van der Waals surface area contributed by atoms with Gasteiger partial charge in [0.2, 0.25) is 11.8 Å². The Bertz CT molecular complexity index is 1070. The fourth-order valence-electron chi connectivity index (χ4n) is 5.02. The summed E-state index contributed by atoms with van der Waals surface area (Å²) in [5.41, 5.74) is 2.06. The Morgan fingerprint density at radius 1 is 1.16 bits per heavy atom. The molecule has 1 aromatic carbocycles. The molecular weight excluding hydrogens is 392 g/mol. The van der Waals surface area contributed by atoms with E-state index in [1.165, 1.54) is 0 Å². The zero-order valence-electron chi connectivity index (χ0n) is 18.3. The minimum atomic E-state index is 0.199. The van der Waals surface area contributed by atoms with Crippen molar-refractivity contribution in [3.63, 3.8) is 0 Å². The first-order valence-electron chi connectivity index (χ1n) is 11.4. The number of amides is 1. The lowest BCUT2D eigenvalue weighted by Gasteiger charge is -2.32. The van der Waals surface area contributed by atoms with Gasteiger partial charge < -0.3 is 14.3 Å². The first-order valence-corrected chi connectivity index (χ1v) is 11.4. The van der Waals surface area contributed by atoms with E-state index in [0.29, 0.717) is 17.8 Å². The Balaban J connectivity index is 1.23. The lowest BCUT2D eigenvalue weighted by molar-refractivity contribution is -0.127. The zero-order chi connectivity index (χ0) is 21.4. The summed E-state index contributed by atoms with van der Waals surface area (Å²) in [5.74, 6) is 2.32. The molecule has 2 fully saturated rings. The van der Waals surface area contributed by atoms with Gasteiger partial charge in [0.15, 0.2) is 0 Å². The molecule has 1 atom stereocenters. The molecule has 0 saturated carbocycles. The van der Waals surface area contributed by atoms with Crippen LogP contribution in [0.5, 0.6) is 0 Å². The van der Waals surface area contributed by atoms with E-state index < -0.39 is 0 Å². The molecule has 3 aromatic rings. The Kier molecular flexibility index (Phi) is 5.48. The van der Waals surface area contributed by atoms with E-state index in [4.69, 9.17) is 14.6 Å². The highest BCUT2D eigenvalue weighted by Gasteiger charge is 2.30. The maximum Gasteiger partial charge on any atom is 0.291 e. The Morgan fingerprint density at radius 2 is 1.97 bits per heavy atom. The Labute approximate surface area is 182 Å². The van der Waals surface area contributed by atoms with Gasteiger partial charge in [0.1, 0.15) is 0 Å². The van der Waals surface area contributed by atoms with Crippen molar-refractivity contribution in [2.75, 3.05) is 32.7 Å². The molecule has 4 heterocycles. The quantitative estimate of drug-likeness (QED) is 0.629. The molecule has 0 bridgehead atoms. The summed E-state index contributed by atoms with van der Waals surface area (Å²) >= 11 is 0. The van der Waals surface area contributed by atoms with Crippen LogP contribution in [0.1, 0.15) is 50.6 Å². The molecule has 164 valence electrons. The number of likely N-dealkylation sites (tertiary alicyclic amines) is 2. The molecular formula is C23H30N6O2. The van der Waals surface area contributed by atoms with Crippen molar-refractivity contribution in [3.8, 4) is 5.95 Å². The first kappa shape index (κ1) is 20.2. The predicted octanol–water partition coefficient (Wildman–Crippen LogP) is 3.02.